The van der Waals surface area contributed by atoms with Crippen LogP contribution in [0.2, 0.25) is 0 Å². The summed E-state index contributed by atoms with van der Waals surface area (Å²) in [6.07, 6.45) is 4.53. The Morgan fingerprint density at radius 1 is 1.29 bits per heavy atom. The van der Waals surface area contributed by atoms with E-state index in [4.69, 9.17) is 13.9 Å². The van der Waals surface area contributed by atoms with Crippen LogP contribution in [0.1, 0.15) is 55.1 Å². The highest BCUT2D eigenvalue weighted by Gasteiger charge is 2.42. The van der Waals surface area contributed by atoms with Gasteiger partial charge in [0.05, 0.1) is 23.9 Å². The Morgan fingerprint density at radius 2 is 2.19 bits per heavy atom. The molecule has 2 aromatic rings. The molecule has 1 N–H and O–H groups in total. The highest BCUT2D eigenvalue weighted by atomic mass is 32.1. The molecule has 0 radical (unpaired) electrons. The average Bonchev–Trinajstić information content (AvgIpc) is 3.54. The number of rotatable bonds is 5. The average molecular weight is 440 g/mol. The largest absolute Gasteiger partial charge is 0.469 e. The van der Waals surface area contributed by atoms with Gasteiger partial charge in [0.2, 0.25) is 0 Å². The highest BCUT2D eigenvalue weighted by Crippen LogP contribution is 2.46. The lowest BCUT2D eigenvalue weighted by molar-refractivity contribution is -0.142. The first kappa shape index (κ1) is 20.3. The topological polar surface area (TPSA) is 77.8 Å². The van der Waals surface area contributed by atoms with Crippen LogP contribution < -0.4 is 5.32 Å². The maximum Gasteiger partial charge on any atom is 0.336 e. The first-order chi connectivity index (χ1) is 15.1. The normalized spacial score (nSPS) is 26.1. The number of furan rings is 1. The SMILES string of the molecule is CC1=C(C(=O)OC[C@@H]2CCCO2)[C@@H](c2cccs2)C2=C(C[C@@H](c3ccco3)CC2=O)N1. The lowest BCUT2D eigenvalue weighted by Gasteiger charge is -2.35. The number of carbonyl (C=O) groups excluding carboxylic acids is 2. The van der Waals surface area contributed by atoms with E-state index in [2.05, 4.69) is 5.32 Å². The summed E-state index contributed by atoms with van der Waals surface area (Å²) in [7, 11) is 0. The molecule has 4 heterocycles. The summed E-state index contributed by atoms with van der Waals surface area (Å²) in [5, 5.41) is 5.33. The van der Waals surface area contributed by atoms with Crippen LogP contribution in [0.15, 0.2) is 62.9 Å². The summed E-state index contributed by atoms with van der Waals surface area (Å²) in [6.45, 7) is 2.84. The van der Waals surface area contributed by atoms with Crippen molar-refractivity contribution in [1.82, 2.24) is 5.32 Å². The van der Waals surface area contributed by atoms with Gasteiger partial charge in [0, 0.05) is 40.8 Å². The van der Waals surface area contributed by atoms with Crippen molar-refractivity contribution >= 4 is 23.1 Å². The molecule has 1 aliphatic carbocycles. The summed E-state index contributed by atoms with van der Waals surface area (Å²) >= 11 is 1.55. The van der Waals surface area contributed by atoms with Gasteiger partial charge in [0.15, 0.2) is 5.78 Å². The number of dihydropyridines is 1. The van der Waals surface area contributed by atoms with Crippen LogP contribution in [-0.4, -0.2) is 31.1 Å². The van der Waals surface area contributed by atoms with Crippen LogP contribution in [-0.2, 0) is 19.1 Å². The molecule has 0 spiro atoms. The second kappa shape index (κ2) is 8.48. The number of ketones is 1. The molecule has 0 amide bonds. The van der Waals surface area contributed by atoms with E-state index >= 15 is 0 Å². The van der Waals surface area contributed by atoms with Gasteiger partial charge in [0.1, 0.15) is 12.4 Å². The Hall–Kier alpha value is -2.64. The molecule has 6 nitrogen and oxygen atoms in total. The molecule has 162 valence electrons. The molecular weight excluding hydrogens is 414 g/mol. The molecule has 2 aliphatic heterocycles. The van der Waals surface area contributed by atoms with Crippen molar-refractivity contribution < 1.29 is 23.5 Å². The number of carbonyl (C=O) groups is 2. The lowest BCUT2D eigenvalue weighted by atomic mass is 9.74. The van der Waals surface area contributed by atoms with Gasteiger partial charge in [-0.05, 0) is 49.8 Å². The minimum Gasteiger partial charge on any atom is -0.469 e. The summed E-state index contributed by atoms with van der Waals surface area (Å²) in [4.78, 5) is 27.5. The fourth-order valence-corrected chi connectivity index (χ4v) is 5.64. The molecular formula is C24H25NO5S. The number of thiophene rings is 1. The maximum absolute atomic E-state index is 13.4. The zero-order chi connectivity index (χ0) is 21.4. The molecule has 5 rings (SSSR count). The first-order valence-electron chi connectivity index (χ1n) is 10.7. The van der Waals surface area contributed by atoms with E-state index in [0.717, 1.165) is 34.9 Å². The van der Waals surface area contributed by atoms with Crippen LogP contribution in [0.5, 0.6) is 0 Å². The van der Waals surface area contributed by atoms with Gasteiger partial charge in [-0.3, -0.25) is 4.79 Å². The fraction of sp³-hybridized carbons (Fsp3) is 0.417. The van der Waals surface area contributed by atoms with Gasteiger partial charge in [0.25, 0.3) is 0 Å². The molecule has 0 aromatic carbocycles. The van der Waals surface area contributed by atoms with E-state index in [-0.39, 0.29) is 30.4 Å². The van der Waals surface area contributed by atoms with Gasteiger partial charge in [-0.15, -0.1) is 11.3 Å². The molecule has 3 atom stereocenters. The maximum atomic E-state index is 13.4. The van der Waals surface area contributed by atoms with E-state index in [9.17, 15) is 9.59 Å². The predicted molar refractivity (Wildman–Crippen MR) is 116 cm³/mol. The second-order valence-electron chi connectivity index (χ2n) is 8.28. The minimum absolute atomic E-state index is 0.00134. The van der Waals surface area contributed by atoms with Crippen LogP contribution in [0.3, 0.4) is 0 Å². The third-order valence-electron chi connectivity index (χ3n) is 6.25. The number of Topliss-reactive ketones (excluding diaryl/α,β-unsaturated/α-hetero) is 1. The number of esters is 1. The van der Waals surface area contributed by atoms with Crippen LogP contribution >= 0.6 is 11.3 Å². The van der Waals surface area contributed by atoms with Crippen molar-refractivity contribution in [2.75, 3.05) is 13.2 Å². The summed E-state index contributed by atoms with van der Waals surface area (Å²) in [5.41, 5.74) is 2.82. The molecule has 0 saturated carbocycles. The smallest absolute Gasteiger partial charge is 0.336 e. The van der Waals surface area contributed by atoms with E-state index < -0.39 is 5.92 Å². The number of allylic oxidation sites excluding steroid dienone is 3. The quantitative estimate of drug-likeness (QED) is 0.695. The Balaban J connectivity index is 1.46. The van der Waals surface area contributed by atoms with Gasteiger partial charge < -0.3 is 19.2 Å². The summed E-state index contributed by atoms with van der Waals surface area (Å²) in [5.74, 6) is 0.0755. The molecule has 1 saturated heterocycles. The van der Waals surface area contributed by atoms with Crippen molar-refractivity contribution in [3.05, 3.63) is 69.1 Å². The molecule has 1 fully saturated rings. The fourth-order valence-electron chi connectivity index (χ4n) is 4.80. The molecule has 0 unspecified atom stereocenters. The number of hydrogen-bond donors (Lipinski definition) is 1. The van der Waals surface area contributed by atoms with Crippen molar-refractivity contribution in [3.63, 3.8) is 0 Å². The van der Waals surface area contributed by atoms with Crippen molar-refractivity contribution in [2.45, 2.75) is 50.5 Å². The Bertz CT molecular complexity index is 1030. The van der Waals surface area contributed by atoms with Crippen molar-refractivity contribution in [3.8, 4) is 0 Å². The molecule has 2 aromatic heterocycles. The standard InChI is InChI=1S/C24H25NO5S/c1-14-21(24(27)30-13-16-5-2-8-28-16)23(20-7-4-10-31-20)22-17(25-14)11-15(12-18(22)26)19-6-3-9-29-19/h3-4,6-7,9-10,15-16,23,25H,2,5,8,11-13H2,1H3/t15-,16+,23-/m1/s1. The van der Waals surface area contributed by atoms with E-state index in [1.54, 1.807) is 17.6 Å². The van der Waals surface area contributed by atoms with Crippen LogP contribution in [0, 0.1) is 0 Å². The molecule has 3 aliphatic rings. The summed E-state index contributed by atoms with van der Waals surface area (Å²) in [6, 6.07) is 7.70. The first-order valence-corrected chi connectivity index (χ1v) is 11.6. The van der Waals surface area contributed by atoms with Gasteiger partial charge >= 0.3 is 5.97 Å². The Kier molecular flexibility index (Phi) is 5.54. The van der Waals surface area contributed by atoms with Crippen molar-refractivity contribution in [1.29, 1.82) is 0 Å². The van der Waals surface area contributed by atoms with E-state index in [1.807, 2.05) is 36.6 Å². The Morgan fingerprint density at radius 3 is 2.90 bits per heavy atom. The third kappa shape index (κ3) is 3.88. The molecule has 0 bridgehead atoms. The monoisotopic (exact) mass is 439 g/mol. The zero-order valence-electron chi connectivity index (χ0n) is 17.4. The van der Waals surface area contributed by atoms with E-state index in [1.165, 1.54) is 0 Å². The summed E-state index contributed by atoms with van der Waals surface area (Å²) < 4.78 is 16.8. The Labute approximate surface area is 184 Å². The number of ether oxygens (including phenoxy) is 2. The van der Waals surface area contributed by atoms with Gasteiger partial charge in [-0.25, -0.2) is 4.79 Å². The molecule has 7 heteroatoms. The lowest BCUT2D eigenvalue weighted by Crippen LogP contribution is -2.36. The van der Waals surface area contributed by atoms with Gasteiger partial charge in [-0.2, -0.15) is 0 Å². The van der Waals surface area contributed by atoms with Crippen molar-refractivity contribution in [2.24, 2.45) is 0 Å². The highest BCUT2D eigenvalue weighted by molar-refractivity contribution is 7.10. The number of hydrogen-bond acceptors (Lipinski definition) is 7. The minimum atomic E-state index is -0.404. The van der Waals surface area contributed by atoms with Crippen LogP contribution in [0.4, 0.5) is 0 Å². The van der Waals surface area contributed by atoms with E-state index in [0.29, 0.717) is 30.6 Å². The third-order valence-corrected chi connectivity index (χ3v) is 7.18. The zero-order valence-corrected chi connectivity index (χ0v) is 18.2. The van der Waals surface area contributed by atoms with Crippen LogP contribution in [0.25, 0.3) is 0 Å². The van der Waals surface area contributed by atoms with Gasteiger partial charge in [-0.1, -0.05) is 6.07 Å². The molecule has 31 heavy (non-hydrogen) atoms. The second-order valence-corrected chi connectivity index (χ2v) is 9.26. The predicted octanol–water partition coefficient (Wildman–Crippen LogP) is 4.42. The number of nitrogens with one attached hydrogen (secondary N) is 1.